The van der Waals surface area contributed by atoms with Crippen LogP contribution in [-0.4, -0.2) is 8.42 Å². The lowest BCUT2D eigenvalue weighted by Crippen LogP contribution is -2.23. The smallest absolute Gasteiger partial charge is 0.207 e. The van der Waals surface area contributed by atoms with E-state index < -0.39 is 21.8 Å². The van der Waals surface area contributed by atoms with Crippen molar-refractivity contribution in [2.45, 2.75) is 43.8 Å². The van der Waals surface area contributed by atoms with Crippen molar-refractivity contribution >= 4 is 10.0 Å². The van der Waals surface area contributed by atoms with Crippen LogP contribution in [-0.2, 0) is 28.2 Å². The molecule has 0 atom stereocenters. The maximum atomic E-state index is 12.5. The summed E-state index contributed by atoms with van der Waals surface area (Å²) >= 11 is 0. The lowest BCUT2D eigenvalue weighted by molar-refractivity contribution is -0.137. The van der Waals surface area contributed by atoms with Gasteiger partial charge in [0.25, 0.3) is 0 Å². The standard InChI is InChI=1S/C18H20F3NO2S/c1-17(2,3)14-8-10-16(11-9-14)25(23,24)22-12-13-4-6-15(7-5-13)18(19,20)21/h4-11,22H,12H2,1-3H3. The Labute approximate surface area is 145 Å². The molecule has 2 aromatic rings. The average Bonchev–Trinajstić information content (AvgIpc) is 2.52. The summed E-state index contributed by atoms with van der Waals surface area (Å²) in [4.78, 5) is 0.118. The minimum absolute atomic E-state index is 0.0819. The molecule has 0 unspecified atom stereocenters. The van der Waals surface area contributed by atoms with Crippen LogP contribution in [0.3, 0.4) is 0 Å². The van der Waals surface area contributed by atoms with E-state index in [0.717, 1.165) is 17.7 Å². The van der Waals surface area contributed by atoms with Crippen LogP contribution in [0, 0.1) is 0 Å². The predicted molar refractivity (Wildman–Crippen MR) is 90.6 cm³/mol. The summed E-state index contributed by atoms with van der Waals surface area (Å²) in [5, 5.41) is 0. The largest absolute Gasteiger partial charge is 0.416 e. The van der Waals surface area contributed by atoms with Crippen molar-refractivity contribution in [2.24, 2.45) is 0 Å². The lowest BCUT2D eigenvalue weighted by Gasteiger charge is -2.19. The lowest BCUT2D eigenvalue weighted by atomic mass is 9.87. The van der Waals surface area contributed by atoms with Gasteiger partial charge in [-0.3, -0.25) is 0 Å². The van der Waals surface area contributed by atoms with Gasteiger partial charge in [-0.05, 0) is 40.8 Å². The van der Waals surface area contributed by atoms with Gasteiger partial charge in [0.2, 0.25) is 10.0 Å². The monoisotopic (exact) mass is 371 g/mol. The SMILES string of the molecule is CC(C)(C)c1ccc(S(=O)(=O)NCc2ccc(C(F)(F)F)cc2)cc1. The molecule has 0 heterocycles. The van der Waals surface area contributed by atoms with Crippen molar-refractivity contribution in [1.29, 1.82) is 0 Å². The van der Waals surface area contributed by atoms with Crippen LogP contribution in [0.25, 0.3) is 0 Å². The molecule has 0 aliphatic carbocycles. The van der Waals surface area contributed by atoms with Gasteiger partial charge in [0.15, 0.2) is 0 Å². The molecule has 136 valence electrons. The third kappa shape index (κ3) is 5.06. The molecule has 0 amide bonds. The average molecular weight is 371 g/mol. The summed E-state index contributed by atoms with van der Waals surface area (Å²) in [5.74, 6) is 0. The number of hydrogen-bond acceptors (Lipinski definition) is 2. The molecule has 1 N–H and O–H groups in total. The number of benzene rings is 2. The molecular weight excluding hydrogens is 351 g/mol. The predicted octanol–water partition coefficient (Wildman–Crippen LogP) is 4.48. The molecule has 0 spiro atoms. The van der Waals surface area contributed by atoms with Gasteiger partial charge < -0.3 is 0 Å². The van der Waals surface area contributed by atoms with Crippen LogP contribution in [0.2, 0.25) is 0 Å². The fraction of sp³-hybridized carbons (Fsp3) is 0.333. The van der Waals surface area contributed by atoms with Crippen LogP contribution in [0.15, 0.2) is 53.4 Å². The quantitative estimate of drug-likeness (QED) is 0.861. The number of nitrogens with one attached hydrogen (secondary N) is 1. The Bertz CT molecular complexity index is 819. The van der Waals surface area contributed by atoms with Gasteiger partial charge in [-0.1, -0.05) is 45.0 Å². The van der Waals surface area contributed by atoms with E-state index in [4.69, 9.17) is 0 Å². The molecule has 0 aliphatic rings. The molecular formula is C18H20F3NO2S. The van der Waals surface area contributed by atoms with E-state index in [1.807, 2.05) is 20.8 Å². The van der Waals surface area contributed by atoms with Gasteiger partial charge in [-0.15, -0.1) is 0 Å². The summed E-state index contributed by atoms with van der Waals surface area (Å²) in [6.07, 6.45) is -4.41. The topological polar surface area (TPSA) is 46.2 Å². The Balaban J connectivity index is 2.09. The minimum Gasteiger partial charge on any atom is -0.207 e. The molecule has 0 aromatic heterocycles. The Morgan fingerprint density at radius 1 is 0.840 bits per heavy atom. The van der Waals surface area contributed by atoms with E-state index in [0.29, 0.717) is 5.56 Å². The highest BCUT2D eigenvalue weighted by Gasteiger charge is 2.30. The van der Waals surface area contributed by atoms with E-state index in [-0.39, 0.29) is 16.9 Å². The molecule has 25 heavy (non-hydrogen) atoms. The molecule has 3 nitrogen and oxygen atoms in total. The fourth-order valence-corrected chi connectivity index (χ4v) is 3.23. The maximum Gasteiger partial charge on any atom is 0.416 e. The van der Waals surface area contributed by atoms with Gasteiger partial charge >= 0.3 is 6.18 Å². The van der Waals surface area contributed by atoms with Crippen LogP contribution < -0.4 is 4.72 Å². The van der Waals surface area contributed by atoms with Gasteiger partial charge in [0.1, 0.15) is 0 Å². The number of hydrogen-bond donors (Lipinski definition) is 1. The Kier molecular flexibility index (Phi) is 5.30. The Hall–Kier alpha value is -1.86. The van der Waals surface area contributed by atoms with Crippen LogP contribution in [0.4, 0.5) is 13.2 Å². The first-order chi connectivity index (χ1) is 11.4. The highest BCUT2D eigenvalue weighted by atomic mass is 32.2. The first-order valence-corrected chi connectivity index (χ1v) is 9.14. The van der Waals surface area contributed by atoms with Crippen molar-refractivity contribution in [3.05, 3.63) is 65.2 Å². The van der Waals surface area contributed by atoms with Crippen LogP contribution in [0.5, 0.6) is 0 Å². The second kappa shape index (κ2) is 6.80. The second-order valence-electron chi connectivity index (χ2n) is 6.79. The molecule has 2 rings (SSSR count). The van der Waals surface area contributed by atoms with Gasteiger partial charge in [-0.2, -0.15) is 13.2 Å². The maximum absolute atomic E-state index is 12.5. The van der Waals surface area contributed by atoms with E-state index in [2.05, 4.69) is 4.72 Å². The third-order valence-corrected chi connectivity index (χ3v) is 5.20. The fourth-order valence-electron chi connectivity index (χ4n) is 2.21. The zero-order valence-corrected chi connectivity index (χ0v) is 15.0. The zero-order valence-electron chi connectivity index (χ0n) is 14.2. The van der Waals surface area contributed by atoms with E-state index in [1.54, 1.807) is 12.1 Å². The Morgan fingerprint density at radius 2 is 1.32 bits per heavy atom. The normalized spacial score (nSPS) is 13.0. The molecule has 0 saturated carbocycles. The van der Waals surface area contributed by atoms with Crippen molar-refractivity contribution in [2.75, 3.05) is 0 Å². The van der Waals surface area contributed by atoms with Gasteiger partial charge in [0, 0.05) is 6.54 Å². The summed E-state index contributed by atoms with van der Waals surface area (Å²) in [6, 6.07) is 10.9. The number of rotatable bonds is 4. The van der Waals surface area contributed by atoms with E-state index >= 15 is 0 Å². The van der Waals surface area contributed by atoms with Crippen molar-refractivity contribution in [1.82, 2.24) is 4.72 Å². The molecule has 7 heteroatoms. The van der Waals surface area contributed by atoms with Crippen molar-refractivity contribution in [3.63, 3.8) is 0 Å². The molecule has 0 saturated heterocycles. The number of sulfonamides is 1. The summed E-state index contributed by atoms with van der Waals surface area (Å²) in [7, 11) is -3.73. The summed E-state index contributed by atoms with van der Waals surface area (Å²) < 4.78 is 64.6. The van der Waals surface area contributed by atoms with Crippen LogP contribution >= 0.6 is 0 Å². The molecule has 2 aromatic carbocycles. The van der Waals surface area contributed by atoms with Crippen molar-refractivity contribution < 1.29 is 21.6 Å². The Morgan fingerprint density at radius 3 is 1.76 bits per heavy atom. The first kappa shape index (κ1) is 19.5. The van der Waals surface area contributed by atoms with Gasteiger partial charge in [-0.25, -0.2) is 13.1 Å². The number of alkyl halides is 3. The van der Waals surface area contributed by atoms with E-state index in [9.17, 15) is 21.6 Å². The van der Waals surface area contributed by atoms with E-state index in [1.165, 1.54) is 24.3 Å². The summed E-state index contributed by atoms with van der Waals surface area (Å²) in [5.41, 5.74) is 0.601. The number of halogens is 3. The highest BCUT2D eigenvalue weighted by Crippen LogP contribution is 2.29. The molecule has 0 aliphatic heterocycles. The summed E-state index contributed by atoms with van der Waals surface area (Å²) in [6.45, 7) is 6.00. The molecule has 0 fully saturated rings. The second-order valence-corrected chi connectivity index (χ2v) is 8.56. The van der Waals surface area contributed by atoms with Crippen molar-refractivity contribution in [3.8, 4) is 0 Å². The minimum atomic E-state index is -4.41. The van der Waals surface area contributed by atoms with Crippen LogP contribution in [0.1, 0.15) is 37.5 Å². The zero-order chi connectivity index (χ0) is 18.9. The molecule has 0 radical (unpaired) electrons. The van der Waals surface area contributed by atoms with Gasteiger partial charge in [0.05, 0.1) is 10.5 Å². The molecule has 0 bridgehead atoms. The first-order valence-electron chi connectivity index (χ1n) is 7.66. The highest BCUT2D eigenvalue weighted by molar-refractivity contribution is 7.89. The third-order valence-electron chi connectivity index (χ3n) is 3.78.